The van der Waals surface area contributed by atoms with Crippen LogP contribution in [0.2, 0.25) is 0 Å². The van der Waals surface area contributed by atoms with Gasteiger partial charge in [-0.1, -0.05) is 29.8 Å². The molecule has 1 aliphatic heterocycles. The normalized spacial score (nSPS) is 14.4. The Morgan fingerprint density at radius 2 is 1.80 bits per heavy atom. The first-order chi connectivity index (χ1) is 16.7. The van der Waals surface area contributed by atoms with Crippen LogP contribution in [0.1, 0.15) is 57.0 Å². The fourth-order valence-electron chi connectivity index (χ4n) is 4.11. The predicted octanol–water partition coefficient (Wildman–Crippen LogP) is 5.10. The second-order valence-electron chi connectivity index (χ2n) is 8.72. The van der Waals surface area contributed by atoms with Crippen LogP contribution < -0.4 is 16.0 Å². The Morgan fingerprint density at radius 1 is 1.09 bits per heavy atom. The Kier molecular flexibility index (Phi) is 6.80. The summed E-state index contributed by atoms with van der Waals surface area (Å²) in [6.45, 7) is 7.64. The lowest BCUT2D eigenvalue weighted by Crippen LogP contribution is -2.26. The number of nitrogens with one attached hydrogen (secondary N) is 4. The molecular formula is C27H27ClN4O3. The number of amides is 3. The first-order valence-corrected chi connectivity index (χ1v) is 11.8. The number of hydrogen-bond acceptors (Lipinski definition) is 3. The third-order valence-corrected chi connectivity index (χ3v) is 6.38. The Morgan fingerprint density at radius 3 is 2.49 bits per heavy atom. The summed E-state index contributed by atoms with van der Waals surface area (Å²) in [6.07, 6.45) is 1.73. The van der Waals surface area contributed by atoms with E-state index >= 15 is 0 Å². The Hall–Kier alpha value is -3.84. The zero-order valence-electron chi connectivity index (χ0n) is 20.0. The molecule has 2 aromatic carbocycles. The molecule has 180 valence electrons. The van der Waals surface area contributed by atoms with Crippen molar-refractivity contribution in [3.63, 3.8) is 0 Å². The van der Waals surface area contributed by atoms with Crippen molar-refractivity contribution in [1.29, 1.82) is 0 Å². The van der Waals surface area contributed by atoms with Gasteiger partial charge >= 0.3 is 0 Å². The highest BCUT2D eigenvalue weighted by molar-refractivity contribution is 6.35. The average molecular weight is 491 g/mol. The topological polar surface area (TPSA) is 103 Å². The van der Waals surface area contributed by atoms with Crippen LogP contribution in [0.25, 0.3) is 11.6 Å². The van der Waals surface area contributed by atoms with Crippen LogP contribution in [0, 0.1) is 20.8 Å². The quantitative estimate of drug-likeness (QED) is 0.285. The number of alkyl halides is 1. The summed E-state index contributed by atoms with van der Waals surface area (Å²) in [4.78, 5) is 40.7. The minimum absolute atomic E-state index is 0.149. The van der Waals surface area contributed by atoms with Gasteiger partial charge in [-0.15, -0.1) is 11.6 Å². The van der Waals surface area contributed by atoms with Crippen LogP contribution in [-0.2, 0) is 9.59 Å². The number of aromatic nitrogens is 1. The number of aromatic amines is 1. The molecule has 0 saturated carbocycles. The number of carbonyl (C=O) groups is 3. The molecule has 3 aromatic rings. The van der Waals surface area contributed by atoms with E-state index < -0.39 is 0 Å². The Balaban J connectivity index is 1.61. The van der Waals surface area contributed by atoms with E-state index in [-0.39, 0.29) is 29.6 Å². The molecule has 0 spiro atoms. The highest BCUT2D eigenvalue weighted by atomic mass is 35.5. The molecule has 0 aliphatic carbocycles. The van der Waals surface area contributed by atoms with Crippen LogP contribution in [0.4, 0.5) is 11.4 Å². The van der Waals surface area contributed by atoms with Gasteiger partial charge in [0.1, 0.15) is 5.88 Å². The number of aryl methyl sites for hydroxylation is 2. The largest absolute Gasteiger partial charge is 0.357 e. The summed E-state index contributed by atoms with van der Waals surface area (Å²) in [5, 5.41) is 8.65. The maximum absolute atomic E-state index is 13.0. The maximum Gasteiger partial charge on any atom is 0.256 e. The number of anilines is 2. The molecule has 0 saturated heterocycles. The monoisotopic (exact) mass is 490 g/mol. The number of H-pyrrole nitrogens is 1. The zero-order chi connectivity index (χ0) is 25.3. The van der Waals surface area contributed by atoms with Crippen molar-refractivity contribution in [3.8, 4) is 0 Å². The van der Waals surface area contributed by atoms with E-state index in [2.05, 4.69) is 20.9 Å². The lowest BCUT2D eigenvalue weighted by molar-refractivity contribution is -0.114. The van der Waals surface area contributed by atoms with Gasteiger partial charge in [0.25, 0.3) is 11.8 Å². The molecule has 0 bridgehead atoms. The highest BCUT2D eigenvalue weighted by Crippen LogP contribution is 2.35. The van der Waals surface area contributed by atoms with Crippen molar-refractivity contribution in [1.82, 2.24) is 10.3 Å². The first kappa shape index (κ1) is 24.3. The molecular weight excluding hydrogens is 464 g/mol. The number of rotatable bonds is 6. The van der Waals surface area contributed by atoms with Crippen molar-refractivity contribution in [3.05, 3.63) is 81.7 Å². The van der Waals surface area contributed by atoms with Crippen LogP contribution >= 0.6 is 11.6 Å². The van der Waals surface area contributed by atoms with Crippen molar-refractivity contribution >= 4 is 52.3 Å². The van der Waals surface area contributed by atoms with E-state index in [0.717, 1.165) is 22.4 Å². The van der Waals surface area contributed by atoms with E-state index in [1.54, 1.807) is 24.3 Å². The SMILES string of the molecule is Cc1ccc(C(C)NC(=O)c2ccc3c(c2)C(=Cc2[nH]c(C)c(NC(=O)CCl)c2C)C(=O)N3)cc1. The van der Waals surface area contributed by atoms with Gasteiger partial charge in [-0.05, 0) is 63.1 Å². The molecule has 8 heteroatoms. The van der Waals surface area contributed by atoms with Crippen molar-refractivity contribution in [2.75, 3.05) is 16.5 Å². The molecule has 1 atom stereocenters. The highest BCUT2D eigenvalue weighted by Gasteiger charge is 2.26. The summed E-state index contributed by atoms with van der Waals surface area (Å²) in [7, 11) is 0. The second kappa shape index (κ2) is 9.80. The summed E-state index contributed by atoms with van der Waals surface area (Å²) in [5.41, 5.74) is 7.21. The first-order valence-electron chi connectivity index (χ1n) is 11.3. The van der Waals surface area contributed by atoms with Gasteiger partial charge in [-0.2, -0.15) is 0 Å². The van der Waals surface area contributed by atoms with Crippen molar-refractivity contribution in [2.24, 2.45) is 0 Å². The van der Waals surface area contributed by atoms with Crippen LogP contribution in [0.3, 0.4) is 0 Å². The third-order valence-electron chi connectivity index (χ3n) is 6.14. The van der Waals surface area contributed by atoms with Gasteiger partial charge < -0.3 is 20.9 Å². The smallest absolute Gasteiger partial charge is 0.256 e. The standard InChI is InChI=1S/C27H27ClN4O3/c1-14-5-7-18(8-6-14)16(3)30-26(34)19-9-10-22-20(11-19)21(27(35)31-22)12-23-15(2)25(17(4)29-23)32-24(33)13-28/h5-12,16,29H,13H2,1-4H3,(H,30,34)(H,31,35)(H,32,33). The lowest BCUT2D eigenvalue weighted by atomic mass is 10.0. The number of fused-ring (bicyclic) bond motifs is 1. The van der Waals surface area contributed by atoms with Gasteiger partial charge in [0.05, 0.1) is 17.3 Å². The van der Waals surface area contributed by atoms with Crippen LogP contribution in [0.15, 0.2) is 42.5 Å². The summed E-state index contributed by atoms with van der Waals surface area (Å²) >= 11 is 5.62. The van der Waals surface area contributed by atoms with Gasteiger partial charge in [-0.3, -0.25) is 14.4 Å². The third kappa shape index (κ3) is 5.00. The molecule has 0 fully saturated rings. The van der Waals surface area contributed by atoms with Gasteiger partial charge in [0.2, 0.25) is 5.91 Å². The van der Waals surface area contributed by atoms with Crippen molar-refractivity contribution < 1.29 is 14.4 Å². The molecule has 2 heterocycles. The number of carbonyl (C=O) groups excluding carboxylic acids is 3. The molecule has 1 aliphatic rings. The van der Waals surface area contributed by atoms with E-state index in [9.17, 15) is 14.4 Å². The molecule has 4 rings (SSSR count). The number of benzene rings is 2. The minimum atomic E-state index is -0.310. The Labute approximate surface area is 209 Å². The molecule has 0 radical (unpaired) electrons. The van der Waals surface area contributed by atoms with Crippen LogP contribution in [0.5, 0.6) is 0 Å². The van der Waals surface area contributed by atoms with Crippen molar-refractivity contribution in [2.45, 2.75) is 33.7 Å². The lowest BCUT2D eigenvalue weighted by Gasteiger charge is -2.15. The summed E-state index contributed by atoms with van der Waals surface area (Å²) in [5.74, 6) is -0.944. The van der Waals surface area contributed by atoms with Crippen LogP contribution in [-0.4, -0.2) is 28.6 Å². The predicted molar refractivity (Wildman–Crippen MR) is 140 cm³/mol. The fraction of sp³-hybridized carbons (Fsp3) is 0.222. The minimum Gasteiger partial charge on any atom is -0.357 e. The second-order valence-corrected chi connectivity index (χ2v) is 8.99. The van der Waals surface area contributed by atoms with Gasteiger partial charge in [0, 0.05) is 28.2 Å². The van der Waals surface area contributed by atoms with E-state index in [1.807, 2.05) is 52.0 Å². The van der Waals surface area contributed by atoms with Gasteiger partial charge in [-0.25, -0.2) is 0 Å². The maximum atomic E-state index is 13.0. The fourth-order valence-corrected chi connectivity index (χ4v) is 4.18. The van der Waals surface area contributed by atoms with E-state index in [4.69, 9.17) is 11.6 Å². The molecule has 4 N–H and O–H groups in total. The van der Waals surface area contributed by atoms with Gasteiger partial charge in [0.15, 0.2) is 0 Å². The molecule has 1 aromatic heterocycles. The zero-order valence-corrected chi connectivity index (χ0v) is 20.8. The average Bonchev–Trinajstić information content (AvgIpc) is 3.29. The molecule has 3 amide bonds. The molecule has 35 heavy (non-hydrogen) atoms. The summed E-state index contributed by atoms with van der Waals surface area (Å²) in [6, 6.07) is 13.0. The van der Waals surface area contributed by atoms with E-state index in [0.29, 0.717) is 33.8 Å². The summed E-state index contributed by atoms with van der Waals surface area (Å²) < 4.78 is 0. The Bertz CT molecular complexity index is 1360. The van der Waals surface area contributed by atoms with E-state index in [1.165, 1.54) is 0 Å². The molecule has 7 nitrogen and oxygen atoms in total. The molecule has 1 unspecified atom stereocenters. The number of hydrogen-bond donors (Lipinski definition) is 4. The number of halogens is 1.